The minimum Gasteiger partial charge on any atom is -0.496 e. The molecule has 0 saturated carbocycles. The molecule has 3 aromatic carbocycles. The van der Waals surface area contributed by atoms with Gasteiger partial charge in [0.1, 0.15) is 17.1 Å². The van der Waals surface area contributed by atoms with Gasteiger partial charge in [-0.3, -0.25) is 9.59 Å². The van der Waals surface area contributed by atoms with Crippen LogP contribution in [0.5, 0.6) is 5.75 Å². The highest BCUT2D eigenvalue weighted by Gasteiger charge is 2.31. The number of halogens is 1. The molecule has 45 heavy (non-hydrogen) atoms. The average molecular weight is 634 g/mol. The van der Waals surface area contributed by atoms with Gasteiger partial charge in [0.2, 0.25) is 0 Å². The van der Waals surface area contributed by atoms with E-state index in [4.69, 9.17) is 21.2 Å². The Morgan fingerprint density at radius 3 is 2.33 bits per heavy atom. The number of aromatic nitrogens is 3. The average Bonchev–Trinajstić information content (AvgIpc) is 3.45. The van der Waals surface area contributed by atoms with E-state index in [0.29, 0.717) is 65.2 Å². The van der Waals surface area contributed by atoms with Crippen molar-refractivity contribution in [2.75, 3.05) is 69.6 Å². The van der Waals surface area contributed by atoms with E-state index in [-0.39, 0.29) is 22.2 Å². The zero-order chi connectivity index (χ0) is 32.2. The molecule has 1 N–H and O–H groups in total. The molecule has 1 saturated heterocycles. The number of benzene rings is 3. The number of hydrogen-bond donors (Lipinski definition) is 1. The van der Waals surface area contributed by atoms with E-state index >= 15 is 0 Å². The summed E-state index contributed by atoms with van der Waals surface area (Å²) in [6, 6.07) is 17.5. The lowest BCUT2D eigenvalue weighted by atomic mass is 10.1. The summed E-state index contributed by atoms with van der Waals surface area (Å²) in [5, 5.41) is 11.5. The summed E-state index contributed by atoms with van der Waals surface area (Å²) in [5.41, 5.74) is 3.72. The fourth-order valence-corrected chi connectivity index (χ4v) is 5.44. The van der Waals surface area contributed by atoms with Crippen molar-refractivity contribution in [1.29, 1.82) is 0 Å². The Hall–Kier alpha value is -5.17. The van der Waals surface area contributed by atoms with E-state index < -0.39 is 5.91 Å². The third kappa shape index (κ3) is 6.38. The number of anilines is 3. The van der Waals surface area contributed by atoms with Crippen LogP contribution < -0.4 is 19.9 Å². The van der Waals surface area contributed by atoms with E-state index in [1.54, 1.807) is 37.3 Å². The van der Waals surface area contributed by atoms with E-state index in [2.05, 4.69) is 15.6 Å². The van der Waals surface area contributed by atoms with E-state index in [9.17, 15) is 14.5 Å². The maximum absolute atomic E-state index is 13.7. The monoisotopic (exact) mass is 633 g/mol. The standard InChI is InChI=1S/C31H33ClN8O5/c1-36(2)21-12-10-20(11-13-21)30(41)33-24-19-25(23(32)18-26(24)40(43)45-5)38-14-16-39(17-15-38)31(42)29-28(34-35-37(29)3)22-8-6-7-9-27(22)44-4/h6-13,18-19H,14-17H2,1-5H3/p+1. The third-order valence-corrected chi connectivity index (χ3v) is 7.92. The maximum atomic E-state index is 13.7. The first-order chi connectivity index (χ1) is 21.6. The molecule has 2 heterocycles. The van der Waals surface area contributed by atoms with Gasteiger partial charge in [0, 0.05) is 70.2 Å². The zero-order valence-corrected chi connectivity index (χ0v) is 26.4. The Morgan fingerprint density at radius 1 is 1.00 bits per heavy atom. The number of amides is 2. The Bertz CT molecular complexity index is 1730. The van der Waals surface area contributed by atoms with Crippen LogP contribution >= 0.6 is 11.6 Å². The molecule has 0 aliphatic carbocycles. The first kappa shape index (κ1) is 31.3. The Morgan fingerprint density at radius 2 is 1.69 bits per heavy atom. The molecule has 5 rings (SSSR count). The van der Waals surface area contributed by atoms with Crippen LogP contribution in [-0.2, 0) is 11.9 Å². The number of piperazine rings is 1. The maximum Gasteiger partial charge on any atom is 0.341 e. The Balaban J connectivity index is 1.36. The Labute approximate surface area is 265 Å². The van der Waals surface area contributed by atoms with Gasteiger partial charge < -0.3 is 24.8 Å². The number of nitrogens with one attached hydrogen (secondary N) is 1. The minimum atomic E-state index is -0.398. The summed E-state index contributed by atoms with van der Waals surface area (Å²) in [4.78, 5) is 50.3. The van der Waals surface area contributed by atoms with Crippen LogP contribution in [0.1, 0.15) is 20.8 Å². The highest BCUT2D eigenvalue weighted by Crippen LogP contribution is 2.38. The van der Waals surface area contributed by atoms with Crippen LogP contribution in [0.15, 0.2) is 60.7 Å². The smallest absolute Gasteiger partial charge is 0.341 e. The molecule has 0 spiro atoms. The van der Waals surface area contributed by atoms with E-state index in [1.165, 1.54) is 17.9 Å². The molecule has 0 unspecified atom stereocenters. The number of rotatable bonds is 9. The predicted octanol–water partition coefficient (Wildman–Crippen LogP) is 4.40. The molecule has 1 aliphatic heterocycles. The van der Waals surface area contributed by atoms with Gasteiger partial charge in [0.15, 0.2) is 12.8 Å². The second-order valence-corrected chi connectivity index (χ2v) is 11.0. The number of ether oxygens (including phenoxy) is 1. The van der Waals surface area contributed by atoms with Crippen LogP contribution in [0.4, 0.5) is 22.7 Å². The van der Waals surface area contributed by atoms with Gasteiger partial charge in [0.25, 0.3) is 16.7 Å². The van der Waals surface area contributed by atoms with Gasteiger partial charge in [-0.1, -0.05) is 28.9 Å². The van der Waals surface area contributed by atoms with Crippen molar-refractivity contribution >= 4 is 46.2 Å². The second kappa shape index (κ2) is 13.2. The molecule has 0 bridgehead atoms. The molecule has 0 atom stereocenters. The third-order valence-electron chi connectivity index (χ3n) is 7.62. The highest BCUT2D eigenvalue weighted by atomic mass is 35.5. The fraction of sp³-hybridized carbons (Fsp3) is 0.290. The number of nitrogens with zero attached hydrogens (tertiary/aromatic N) is 7. The molecule has 2 amide bonds. The summed E-state index contributed by atoms with van der Waals surface area (Å²) in [6.07, 6.45) is 0. The van der Waals surface area contributed by atoms with Gasteiger partial charge in [-0.15, -0.1) is 5.10 Å². The van der Waals surface area contributed by atoms with Gasteiger partial charge in [-0.25, -0.2) is 9.52 Å². The molecule has 4 aromatic rings. The molecule has 0 radical (unpaired) electrons. The Kier molecular flexibility index (Phi) is 9.18. The summed E-state index contributed by atoms with van der Waals surface area (Å²) in [7, 11) is 8.30. The minimum absolute atomic E-state index is 0.0471. The SMILES string of the molecule is COc1ccccc1-c1nnn(C)c1C(=O)N1CCN(c2cc(NC(=O)c3ccc(N(C)C)cc3)c([N+](=O)OC)cc2Cl)CC1. The normalized spacial score (nSPS) is 12.9. The summed E-state index contributed by atoms with van der Waals surface area (Å²) in [5.74, 6) is -0.0150. The van der Waals surface area contributed by atoms with Gasteiger partial charge in [-0.05, 0) is 42.5 Å². The number of methoxy groups -OCH3 is 1. The number of aryl methyl sites for hydroxylation is 1. The van der Waals surface area contributed by atoms with Crippen LogP contribution in [-0.4, -0.2) is 91.1 Å². The molecule has 1 aliphatic rings. The number of carbonyl (C=O) groups excluding carboxylic acids is 2. The van der Waals surface area contributed by atoms with E-state index in [0.717, 1.165) is 5.69 Å². The molecular formula is C31H34ClN8O5+. The summed E-state index contributed by atoms with van der Waals surface area (Å²) < 4.78 is 6.96. The topological polar surface area (TPSA) is 125 Å². The second-order valence-electron chi connectivity index (χ2n) is 10.5. The lowest BCUT2D eigenvalue weighted by Gasteiger charge is -2.36. The summed E-state index contributed by atoms with van der Waals surface area (Å²) >= 11 is 6.66. The van der Waals surface area contributed by atoms with Crippen molar-refractivity contribution in [2.24, 2.45) is 7.05 Å². The van der Waals surface area contributed by atoms with Crippen molar-refractivity contribution in [3.05, 3.63) is 81.9 Å². The first-order valence-corrected chi connectivity index (χ1v) is 14.5. The molecule has 234 valence electrons. The van der Waals surface area contributed by atoms with Crippen LogP contribution in [0.2, 0.25) is 5.02 Å². The number of hydrogen-bond acceptors (Lipinski definition) is 9. The van der Waals surface area contributed by atoms with Gasteiger partial charge in [0.05, 0.1) is 22.7 Å². The number of para-hydroxylation sites is 1. The predicted molar refractivity (Wildman–Crippen MR) is 172 cm³/mol. The quantitative estimate of drug-likeness (QED) is 0.267. The molecule has 13 nitrogen and oxygen atoms in total. The molecular weight excluding hydrogens is 600 g/mol. The zero-order valence-electron chi connectivity index (χ0n) is 25.7. The van der Waals surface area contributed by atoms with Crippen LogP contribution in [0, 0.1) is 4.91 Å². The van der Waals surface area contributed by atoms with Crippen molar-refractivity contribution in [3.63, 3.8) is 0 Å². The molecule has 14 heteroatoms. The lowest BCUT2D eigenvalue weighted by Crippen LogP contribution is -2.49. The largest absolute Gasteiger partial charge is 0.496 e. The van der Waals surface area contributed by atoms with Gasteiger partial charge >= 0.3 is 5.69 Å². The lowest BCUT2D eigenvalue weighted by molar-refractivity contribution is -0.736. The van der Waals surface area contributed by atoms with Crippen LogP contribution in [0.25, 0.3) is 11.3 Å². The molecule has 1 fully saturated rings. The summed E-state index contributed by atoms with van der Waals surface area (Å²) in [6.45, 7) is 1.67. The van der Waals surface area contributed by atoms with E-state index in [1.807, 2.05) is 60.3 Å². The van der Waals surface area contributed by atoms with Gasteiger partial charge in [-0.2, -0.15) is 0 Å². The highest BCUT2D eigenvalue weighted by molar-refractivity contribution is 6.33. The van der Waals surface area contributed by atoms with Crippen LogP contribution in [0.3, 0.4) is 0 Å². The fourth-order valence-electron chi connectivity index (χ4n) is 5.17. The number of carbonyl (C=O) groups is 2. The van der Waals surface area contributed by atoms with Crippen molar-refractivity contribution in [1.82, 2.24) is 19.9 Å². The van der Waals surface area contributed by atoms with Crippen molar-refractivity contribution in [3.8, 4) is 17.0 Å². The first-order valence-electron chi connectivity index (χ1n) is 14.1. The molecule has 1 aromatic heterocycles. The van der Waals surface area contributed by atoms with Crippen molar-refractivity contribution in [2.45, 2.75) is 0 Å². The van der Waals surface area contributed by atoms with Crippen molar-refractivity contribution < 1.29 is 24.1 Å².